The van der Waals surface area contributed by atoms with Crippen LogP contribution >= 0.6 is 0 Å². The van der Waals surface area contributed by atoms with E-state index in [2.05, 4.69) is 41.9 Å². The second-order valence-electron chi connectivity index (χ2n) is 10.1. The van der Waals surface area contributed by atoms with E-state index in [0.717, 1.165) is 79.6 Å². The van der Waals surface area contributed by atoms with Crippen molar-refractivity contribution in [3.8, 4) is 5.75 Å². The van der Waals surface area contributed by atoms with E-state index in [0.29, 0.717) is 5.69 Å². The minimum Gasteiger partial charge on any atom is -0.506 e. The molecule has 0 spiro atoms. The van der Waals surface area contributed by atoms with E-state index in [-0.39, 0.29) is 5.75 Å². The smallest absolute Gasteiger partial charge is 0.421 e. The molecule has 10 nitrogen and oxygen atoms in total. The zero-order valence-corrected chi connectivity index (χ0v) is 24.5. The summed E-state index contributed by atoms with van der Waals surface area (Å²) in [5, 5.41) is 34.3. The van der Waals surface area contributed by atoms with Gasteiger partial charge in [0.05, 0.1) is 26.5 Å². The second kappa shape index (κ2) is 14.7. The first kappa shape index (κ1) is 29.4. The van der Waals surface area contributed by atoms with Crippen molar-refractivity contribution in [2.24, 2.45) is 34.6 Å². The van der Waals surface area contributed by atoms with Crippen molar-refractivity contribution >= 4 is 34.4 Å². The largest absolute Gasteiger partial charge is 0.506 e. The molecule has 0 saturated heterocycles. The third-order valence-electron chi connectivity index (χ3n) is 6.74. The van der Waals surface area contributed by atoms with Gasteiger partial charge in [0.2, 0.25) is 0 Å². The van der Waals surface area contributed by atoms with Crippen LogP contribution in [0.3, 0.4) is 0 Å². The molecular weight excluding hydrogens is 514 g/mol. The first-order chi connectivity index (χ1) is 19.9. The number of benzene rings is 2. The molecule has 3 N–H and O–H groups in total. The lowest BCUT2D eigenvalue weighted by atomic mass is 10.1. The molecule has 2 aromatic carbocycles. The van der Waals surface area contributed by atoms with Crippen LogP contribution in [0.1, 0.15) is 38.2 Å². The van der Waals surface area contributed by atoms with Crippen LogP contribution in [0.2, 0.25) is 0 Å². The van der Waals surface area contributed by atoms with Crippen LogP contribution < -0.4 is 19.8 Å². The van der Waals surface area contributed by atoms with Gasteiger partial charge in [-0.1, -0.05) is 11.5 Å². The van der Waals surface area contributed by atoms with Crippen LogP contribution in [0, 0.1) is 6.92 Å². The van der Waals surface area contributed by atoms with Crippen LogP contribution in [0.5, 0.6) is 5.75 Å². The SMILES string of the molecule is CCNc1cc(O)c(/N=N/c2ccc[n+](CCCCCCNc3ccc(/N=N/c4n(C)cc[n+]4C)cc3)c2)cc1C. The monoisotopic (exact) mass is 555 g/mol. The number of hydrogen-bond donors (Lipinski definition) is 3. The van der Waals surface area contributed by atoms with Gasteiger partial charge in [-0.2, -0.15) is 0 Å². The molecule has 2 aromatic heterocycles. The lowest BCUT2D eigenvalue weighted by molar-refractivity contribution is -0.696. The van der Waals surface area contributed by atoms with E-state index in [1.165, 1.54) is 0 Å². The molecule has 0 fully saturated rings. The van der Waals surface area contributed by atoms with Crippen molar-refractivity contribution in [2.45, 2.75) is 46.1 Å². The molecule has 4 rings (SSSR count). The summed E-state index contributed by atoms with van der Waals surface area (Å²) in [5.41, 5.74) is 5.06. The summed E-state index contributed by atoms with van der Waals surface area (Å²) in [5.74, 6) is 0.909. The Labute approximate surface area is 242 Å². The van der Waals surface area contributed by atoms with Crippen LogP contribution in [-0.2, 0) is 20.6 Å². The van der Waals surface area contributed by atoms with Gasteiger partial charge in [-0.3, -0.25) is 0 Å². The van der Waals surface area contributed by atoms with Crippen molar-refractivity contribution < 1.29 is 14.2 Å². The van der Waals surface area contributed by atoms with E-state index in [9.17, 15) is 5.11 Å². The highest BCUT2D eigenvalue weighted by Crippen LogP contribution is 2.33. The predicted molar refractivity (Wildman–Crippen MR) is 162 cm³/mol. The Balaban J connectivity index is 1.15. The summed E-state index contributed by atoms with van der Waals surface area (Å²) >= 11 is 0. The van der Waals surface area contributed by atoms with E-state index >= 15 is 0 Å². The van der Waals surface area contributed by atoms with Crippen molar-refractivity contribution in [3.05, 3.63) is 78.9 Å². The highest BCUT2D eigenvalue weighted by molar-refractivity contribution is 5.64. The molecule has 0 aliphatic rings. The Bertz CT molecular complexity index is 1460. The van der Waals surface area contributed by atoms with E-state index in [1.54, 1.807) is 6.07 Å². The Morgan fingerprint density at radius 2 is 1.66 bits per heavy atom. The van der Waals surface area contributed by atoms with Gasteiger partial charge in [-0.25, -0.2) is 13.7 Å². The zero-order chi connectivity index (χ0) is 29.0. The van der Waals surface area contributed by atoms with Crippen LogP contribution in [0.25, 0.3) is 0 Å². The highest BCUT2D eigenvalue weighted by Gasteiger charge is 2.10. The number of azo groups is 2. The van der Waals surface area contributed by atoms with Gasteiger partial charge in [-0.15, -0.1) is 10.2 Å². The number of pyridine rings is 1. The quantitative estimate of drug-likeness (QED) is 0.0879. The van der Waals surface area contributed by atoms with Gasteiger partial charge in [0, 0.05) is 48.1 Å². The maximum Gasteiger partial charge on any atom is 0.421 e. The summed E-state index contributed by atoms with van der Waals surface area (Å²) in [4.78, 5) is 0. The molecular formula is C31H41N9O+2. The average molecular weight is 556 g/mol. The first-order valence-electron chi connectivity index (χ1n) is 14.2. The number of nitrogens with zero attached hydrogens (tertiary/aromatic N) is 7. The molecule has 10 heteroatoms. The van der Waals surface area contributed by atoms with Gasteiger partial charge >= 0.3 is 5.95 Å². The number of aromatic nitrogens is 3. The molecule has 0 aliphatic carbocycles. The van der Waals surface area contributed by atoms with Crippen molar-refractivity contribution in [2.75, 3.05) is 23.7 Å². The number of phenols is 1. The van der Waals surface area contributed by atoms with Crippen molar-refractivity contribution in [1.82, 2.24) is 4.57 Å². The number of unbranched alkanes of at least 4 members (excludes halogenated alkanes) is 3. The summed E-state index contributed by atoms with van der Waals surface area (Å²) in [6, 6.07) is 15.5. The third kappa shape index (κ3) is 8.69. The average Bonchev–Trinajstić information content (AvgIpc) is 3.29. The normalized spacial score (nSPS) is 11.5. The van der Waals surface area contributed by atoms with Gasteiger partial charge in [-0.05, 0) is 68.7 Å². The van der Waals surface area contributed by atoms with E-state index in [1.807, 2.05) is 98.1 Å². The fourth-order valence-corrected chi connectivity index (χ4v) is 4.44. The molecule has 0 aliphatic heterocycles. The fraction of sp³-hybridized carbons (Fsp3) is 0.355. The third-order valence-corrected chi connectivity index (χ3v) is 6.74. The number of hydrogen-bond acceptors (Lipinski definition) is 7. The number of phenolic OH excluding ortho intramolecular Hbond substituents is 1. The zero-order valence-electron chi connectivity index (χ0n) is 24.5. The number of anilines is 2. The Hall–Kier alpha value is -4.60. The number of aryl methyl sites for hydroxylation is 4. The van der Waals surface area contributed by atoms with Crippen LogP contribution in [-0.4, -0.2) is 22.8 Å². The van der Waals surface area contributed by atoms with Crippen molar-refractivity contribution in [1.29, 1.82) is 0 Å². The Morgan fingerprint density at radius 3 is 2.41 bits per heavy atom. The first-order valence-corrected chi connectivity index (χ1v) is 14.2. The molecule has 4 aromatic rings. The summed E-state index contributed by atoms with van der Waals surface area (Å²) < 4.78 is 6.01. The van der Waals surface area contributed by atoms with Gasteiger partial charge in [0.1, 0.15) is 29.4 Å². The van der Waals surface area contributed by atoms with E-state index in [4.69, 9.17) is 0 Å². The lowest BCUT2D eigenvalue weighted by Gasteiger charge is -2.09. The van der Waals surface area contributed by atoms with Gasteiger partial charge < -0.3 is 15.7 Å². The topological polar surface area (TPSA) is 106 Å². The standard InChI is InChI=1S/C31H39N9O/c1-5-32-28-22-30(41)29(21-24(28)2)36-35-27-11-10-18-40(23-27)17-9-7-6-8-16-33-25-12-14-26(15-13-25)34-37-31-38(3)19-20-39(31)4/h10-15,18-23H,5-9,16-17H2,1-4H3,(H-,32,35,41)/p+2. The fourth-order valence-electron chi connectivity index (χ4n) is 4.44. The molecule has 0 radical (unpaired) electrons. The minimum absolute atomic E-state index is 0.116. The molecule has 0 unspecified atom stereocenters. The molecule has 41 heavy (non-hydrogen) atoms. The molecule has 214 valence electrons. The minimum atomic E-state index is 0.116. The number of imidazole rings is 1. The maximum absolute atomic E-state index is 10.3. The summed E-state index contributed by atoms with van der Waals surface area (Å²) in [6.07, 6.45) is 12.5. The van der Waals surface area contributed by atoms with Crippen LogP contribution in [0.15, 0.2) is 93.8 Å². The van der Waals surface area contributed by atoms with Gasteiger partial charge in [0.15, 0.2) is 12.4 Å². The van der Waals surface area contributed by atoms with Gasteiger partial charge in [0.25, 0.3) is 0 Å². The number of nitrogens with one attached hydrogen (secondary N) is 2. The Morgan fingerprint density at radius 1 is 0.878 bits per heavy atom. The second-order valence-corrected chi connectivity index (χ2v) is 10.1. The van der Waals surface area contributed by atoms with E-state index < -0.39 is 0 Å². The maximum atomic E-state index is 10.3. The molecule has 0 amide bonds. The molecule has 0 saturated carbocycles. The highest BCUT2D eigenvalue weighted by atomic mass is 16.3. The molecule has 0 atom stereocenters. The number of rotatable bonds is 14. The predicted octanol–water partition coefficient (Wildman–Crippen LogP) is 7.09. The van der Waals surface area contributed by atoms with Crippen LogP contribution in [0.4, 0.5) is 34.4 Å². The Kier molecular flexibility index (Phi) is 10.5. The lowest BCUT2D eigenvalue weighted by Crippen LogP contribution is -2.32. The molecule has 2 heterocycles. The summed E-state index contributed by atoms with van der Waals surface area (Å²) in [7, 11) is 3.90. The van der Waals surface area contributed by atoms with Crippen molar-refractivity contribution in [3.63, 3.8) is 0 Å². The molecule has 0 bridgehead atoms. The number of aromatic hydroxyl groups is 1. The summed E-state index contributed by atoms with van der Waals surface area (Å²) in [6.45, 7) is 6.66.